The molecule has 100 valence electrons. The maximum atomic E-state index is 12.2. The van der Waals surface area contributed by atoms with Crippen molar-refractivity contribution in [2.24, 2.45) is 0 Å². The highest BCUT2D eigenvalue weighted by Crippen LogP contribution is 2.21. The summed E-state index contributed by atoms with van der Waals surface area (Å²) < 4.78 is 29.4. The SMILES string of the molecule is Cc1cccc(S(=O)(=O)OCc2ccccc2)c1C. The highest BCUT2D eigenvalue weighted by molar-refractivity contribution is 7.86. The van der Waals surface area contributed by atoms with Crippen LogP contribution in [0.2, 0.25) is 0 Å². The lowest BCUT2D eigenvalue weighted by molar-refractivity contribution is 0.307. The Kier molecular flexibility index (Phi) is 4.02. The summed E-state index contributed by atoms with van der Waals surface area (Å²) in [5.41, 5.74) is 2.50. The molecule has 19 heavy (non-hydrogen) atoms. The van der Waals surface area contributed by atoms with Crippen molar-refractivity contribution >= 4 is 10.1 Å². The van der Waals surface area contributed by atoms with E-state index in [-0.39, 0.29) is 11.5 Å². The minimum absolute atomic E-state index is 0.0521. The van der Waals surface area contributed by atoms with Gasteiger partial charge in [0.05, 0.1) is 11.5 Å². The van der Waals surface area contributed by atoms with Gasteiger partial charge in [-0.3, -0.25) is 4.18 Å². The first-order valence-corrected chi connectivity index (χ1v) is 7.41. The fourth-order valence-corrected chi connectivity index (χ4v) is 2.98. The number of aryl methyl sites for hydroxylation is 1. The molecule has 0 aromatic heterocycles. The highest BCUT2D eigenvalue weighted by atomic mass is 32.2. The van der Waals surface area contributed by atoms with Crippen LogP contribution in [0.1, 0.15) is 16.7 Å². The van der Waals surface area contributed by atoms with Crippen LogP contribution in [0, 0.1) is 13.8 Å². The van der Waals surface area contributed by atoms with Crippen LogP contribution in [0.4, 0.5) is 0 Å². The van der Waals surface area contributed by atoms with Crippen molar-refractivity contribution in [2.75, 3.05) is 0 Å². The smallest absolute Gasteiger partial charge is 0.262 e. The second-order valence-corrected chi connectivity index (χ2v) is 5.98. The molecule has 0 heterocycles. The van der Waals surface area contributed by atoms with E-state index in [9.17, 15) is 8.42 Å². The molecule has 0 atom stereocenters. The molecule has 0 unspecified atom stereocenters. The third-order valence-electron chi connectivity index (χ3n) is 3.05. The van der Waals surface area contributed by atoms with Crippen LogP contribution in [0.15, 0.2) is 53.4 Å². The van der Waals surface area contributed by atoms with Crippen LogP contribution in [-0.4, -0.2) is 8.42 Å². The fraction of sp³-hybridized carbons (Fsp3) is 0.200. The molecule has 0 bridgehead atoms. The first-order chi connectivity index (χ1) is 9.00. The second-order valence-electron chi connectivity index (χ2n) is 4.40. The van der Waals surface area contributed by atoms with Crippen molar-refractivity contribution in [3.63, 3.8) is 0 Å². The summed E-state index contributed by atoms with van der Waals surface area (Å²) in [6, 6.07) is 14.4. The van der Waals surface area contributed by atoms with Crippen LogP contribution >= 0.6 is 0 Å². The van der Waals surface area contributed by atoms with Gasteiger partial charge in [0.2, 0.25) is 0 Å². The molecule has 0 amide bonds. The normalized spacial score (nSPS) is 11.5. The molecule has 0 saturated heterocycles. The van der Waals surface area contributed by atoms with Gasteiger partial charge in [-0.2, -0.15) is 8.42 Å². The summed E-state index contributed by atoms with van der Waals surface area (Å²) in [4.78, 5) is 0.239. The van der Waals surface area contributed by atoms with E-state index in [1.807, 2.05) is 43.3 Å². The maximum absolute atomic E-state index is 12.2. The largest absolute Gasteiger partial charge is 0.297 e. The van der Waals surface area contributed by atoms with Crippen molar-refractivity contribution in [3.05, 3.63) is 65.2 Å². The Morgan fingerprint density at radius 2 is 1.63 bits per heavy atom. The lowest BCUT2D eigenvalue weighted by atomic mass is 10.1. The van der Waals surface area contributed by atoms with E-state index in [1.54, 1.807) is 19.1 Å². The minimum Gasteiger partial charge on any atom is -0.262 e. The van der Waals surface area contributed by atoms with Crippen molar-refractivity contribution in [3.8, 4) is 0 Å². The van der Waals surface area contributed by atoms with Gasteiger partial charge in [-0.05, 0) is 36.6 Å². The molecule has 0 aliphatic heterocycles. The highest BCUT2D eigenvalue weighted by Gasteiger charge is 2.18. The quantitative estimate of drug-likeness (QED) is 0.805. The zero-order valence-electron chi connectivity index (χ0n) is 11.0. The van der Waals surface area contributed by atoms with Gasteiger partial charge in [-0.1, -0.05) is 42.5 Å². The van der Waals surface area contributed by atoms with E-state index in [1.165, 1.54) is 0 Å². The lowest BCUT2D eigenvalue weighted by Gasteiger charge is -2.10. The summed E-state index contributed by atoms with van der Waals surface area (Å²) in [6.45, 7) is 3.72. The van der Waals surface area contributed by atoms with E-state index in [2.05, 4.69) is 0 Å². The molecule has 0 aliphatic carbocycles. The number of rotatable bonds is 4. The monoisotopic (exact) mass is 276 g/mol. The summed E-state index contributed by atoms with van der Waals surface area (Å²) in [7, 11) is -3.71. The van der Waals surface area contributed by atoms with Crippen molar-refractivity contribution in [1.82, 2.24) is 0 Å². The molecule has 3 nitrogen and oxygen atoms in total. The zero-order chi connectivity index (χ0) is 13.9. The van der Waals surface area contributed by atoms with Crippen LogP contribution in [0.25, 0.3) is 0 Å². The Morgan fingerprint density at radius 1 is 0.947 bits per heavy atom. The topological polar surface area (TPSA) is 43.4 Å². The van der Waals surface area contributed by atoms with Gasteiger partial charge in [0.1, 0.15) is 0 Å². The zero-order valence-corrected chi connectivity index (χ0v) is 11.8. The van der Waals surface area contributed by atoms with Crippen LogP contribution in [0.3, 0.4) is 0 Å². The van der Waals surface area contributed by atoms with Gasteiger partial charge in [0.25, 0.3) is 10.1 Å². The van der Waals surface area contributed by atoms with E-state index in [4.69, 9.17) is 4.18 Å². The van der Waals surface area contributed by atoms with Crippen molar-refractivity contribution < 1.29 is 12.6 Å². The fourth-order valence-electron chi connectivity index (χ4n) is 1.78. The Hall–Kier alpha value is -1.65. The van der Waals surface area contributed by atoms with Gasteiger partial charge >= 0.3 is 0 Å². The lowest BCUT2D eigenvalue weighted by Crippen LogP contribution is -2.08. The number of hydrogen-bond acceptors (Lipinski definition) is 3. The first kappa shape index (κ1) is 13.8. The summed E-state index contributed by atoms with van der Waals surface area (Å²) in [5, 5.41) is 0. The average molecular weight is 276 g/mol. The van der Waals surface area contributed by atoms with Gasteiger partial charge in [-0.25, -0.2) is 0 Å². The van der Waals surface area contributed by atoms with Crippen LogP contribution < -0.4 is 0 Å². The van der Waals surface area contributed by atoms with Gasteiger partial charge in [0.15, 0.2) is 0 Å². The Morgan fingerprint density at radius 3 is 2.32 bits per heavy atom. The molecule has 4 heteroatoms. The molecule has 0 radical (unpaired) electrons. The molecule has 0 N–H and O–H groups in total. The third-order valence-corrected chi connectivity index (χ3v) is 4.46. The van der Waals surface area contributed by atoms with Crippen molar-refractivity contribution in [1.29, 1.82) is 0 Å². The molecule has 2 aromatic rings. The van der Waals surface area contributed by atoms with Crippen LogP contribution in [0.5, 0.6) is 0 Å². The minimum atomic E-state index is -3.71. The number of benzene rings is 2. The predicted octanol–water partition coefficient (Wildman–Crippen LogP) is 3.21. The van der Waals surface area contributed by atoms with E-state index >= 15 is 0 Å². The van der Waals surface area contributed by atoms with Gasteiger partial charge < -0.3 is 0 Å². The molecule has 2 aromatic carbocycles. The Balaban J connectivity index is 2.22. The Labute approximate surface area is 114 Å². The average Bonchev–Trinajstić information content (AvgIpc) is 2.41. The maximum Gasteiger partial charge on any atom is 0.297 e. The predicted molar refractivity (Wildman–Crippen MR) is 74.3 cm³/mol. The van der Waals surface area contributed by atoms with Crippen LogP contribution in [-0.2, 0) is 20.9 Å². The summed E-state index contributed by atoms with van der Waals surface area (Å²) in [6.07, 6.45) is 0. The molecular formula is C15H16O3S. The van der Waals surface area contributed by atoms with E-state index in [0.29, 0.717) is 0 Å². The first-order valence-electron chi connectivity index (χ1n) is 6.00. The standard InChI is InChI=1S/C15H16O3S/c1-12-7-6-10-15(13(12)2)19(16,17)18-11-14-8-4-3-5-9-14/h3-10H,11H2,1-2H3. The molecule has 2 rings (SSSR count). The molecule has 0 saturated carbocycles. The summed E-state index contributed by atoms with van der Waals surface area (Å²) >= 11 is 0. The molecule has 0 fully saturated rings. The van der Waals surface area contributed by atoms with E-state index in [0.717, 1.165) is 16.7 Å². The van der Waals surface area contributed by atoms with Gasteiger partial charge in [0, 0.05) is 0 Å². The van der Waals surface area contributed by atoms with E-state index < -0.39 is 10.1 Å². The molecular weight excluding hydrogens is 260 g/mol. The molecule has 0 aliphatic rings. The van der Waals surface area contributed by atoms with Crippen molar-refractivity contribution in [2.45, 2.75) is 25.3 Å². The molecule has 0 spiro atoms. The third kappa shape index (κ3) is 3.22. The summed E-state index contributed by atoms with van der Waals surface area (Å²) in [5.74, 6) is 0. The van der Waals surface area contributed by atoms with Gasteiger partial charge in [-0.15, -0.1) is 0 Å². The number of hydrogen-bond donors (Lipinski definition) is 0. The second kappa shape index (κ2) is 5.55. The Bertz CT molecular complexity index is 661.